The normalized spacial score (nSPS) is 20.1. The minimum absolute atomic E-state index is 0.00989. The van der Waals surface area contributed by atoms with Gasteiger partial charge in [0.1, 0.15) is 5.75 Å². The zero-order valence-corrected chi connectivity index (χ0v) is 19.4. The van der Waals surface area contributed by atoms with Crippen LogP contribution in [0.4, 0.5) is 11.4 Å². The highest BCUT2D eigenvalue weighted by molar-refractivity contribution is 9.10. The predicted octanol–water partition coefficient (Wildman–Crippen LogP) is 6.44. The van der Waals surface area contributed by atoms with Gasteiger partial charge in [-0.1, -0.05) is 66.2 Å². The van der Waals surface area contributed by atoms with Gasteiger partial charge in [-0.15, -0.1) is 0 Å². The molecular formula is C26H27BrN2O2. The molecule has 0 saturated carbocycles. The average Bonchev–Trinajstić information content (AvgIpc) is 2.80. The summed E-state index contributed by atoms with van der Waals surface area (Å²) in [5.41, 5.74) is 3.19. The minimum atomic E-state index is -0.0211. The van der Waals surface area contributed by atoms with E-state index in [4.69, 9.17) is 4.74 Å². The minimum Gasteiger partial charge on any atom is -0.484 e. The van der Waals surface area contributed by atoms with Crippen LogP contribution >= 0.6 is 15.9 Å². The first-order chi connectivity index (χ1) is 15.1. The second-order valence-electron chi connectivity index (χ2n) is 7.89. The summed E-state index contributed by atoms with van der Waals surface area (Å²) in [6.07, 6.45) is 0.868. The molecule has 1 aliphatic rings. The summed E-state index contributed by atoms with van der Waals surface area (Å²) in [4.78, 5) is 15.3. The van der Waals surface area contributed by atoms with Gasteiger partial charge in [0.25, 0.3) is 5.91 Å². The Kier molecular flexibility index (Phi) is 6.62. The lowest BCUT2D eigenvalue weighted by molar-refractivity contribution is -0.121. The Bertz CT molecular complexity index is 1020. The first kappa shape index (κ1) is 21.4. The molecule has 5 heteroatoms. The maximum Gasteiger partial charge on any atom is 0.265 e. The molecule has 1 N–H and O–H groups in total. The third-order valence-electron chi connectivity index (χ3n) is 5.95. The van der Waals surface area contributed by atoms with Gasteiger partial charge in [-0.2, -0.15) is 0 Å². The second kappa shape index (κ2) is 9.56. The molecule has 0 aromatic heterocycles. The van der Waals surface area contributed by atoms with E-state index in [1.165, 1.54) is 0 Å². The van der Waals surface area contributed by atoms with Crippen molar-refractivity contribution in [2.24, 2.45) is 5.92 Å². The monoisotopic (exact) mass is 478 g/mol. The standard InChI is InChI=1S/C26H27BrN2O2/c1-3-23-18(2)26(28-20-9-5-4-6-10-20)22-11-7-8-12-24(22)29(23)25(30)17-31-21-15-13-19(27)14-16-21/h4-16,18,23,26,28H,3,17H2,1-2H3. The smallest absolute Gasteiger partial charge is 0.265 e. The Labute approximate surface area is 192 Å². The third kappa shape index (κ3) is 4.62. The topological polar surface area (TPSA) is 41.6 Å². The van der Waals surface area contributed by atoms with Gasteiger partial charge in [-0.3, -0.25) is 4.79 Å². The summed E-state index contributed by atoms with van der Waals surface area (Å²) >= 11 is 3.42. The van der Waals surface area contributed by atoms with Gasteiger partial charge in [-0.05, 0) is 54.4 Å². The number of hydrogen-bond acceptors (Lipinski definition) is 3. The molecule has 4 nitrogen and oxygen atoms in total. The molecule has 1 heterocycles. The van der Waals surface area contributed by atoms with Gasteiger partial charge in [0.2, 0.25) is 0 Å². The zero-order chi connectivity index (χ0) is 21.8. The van der Waals surface area contributed by atoms with E-state index in [-0.39, 0.29) is 30.5 Å². The second-order valence-corrected chi connectivity index (χ2v) is 8.80. The summed E-state index contributed by atoms with van der Waals surface area (Å²) in [6, 6.07) is 26.2. The number of fused-ring (bicyclic) bond motifs is 1. The van der Waals surface area contributed by atoms with Crippen molar-refractivity contribution >= 4 is 33.2 Å². The van der Waals surface area contributed by atoms with E-state index in [0.717, 1.165) is 27.8 Å². The molecule has 0 aliphatic carbocycles. The number of carbonyl (C=O) groups excluding carboxylic acids is 1. The fraction of sp³-hybridized carbons (Fsp3) is 0.269. The highest BCUT2D eigenvalue weighted by Gasteiger charge is 2.40. The number of anilines is 2. The fourth-order valence-electron chi connectivity index (χ4n) is 4.43. The fourth-order valence-corrected chi connectivity index (χ4v) is 4.70. The van der Waals surface area contributed by atoms with E-state index in [1.807, 2.05) is 65.6 Å². The molecule has 160 valence electrons. The van der Waals surface area contributed by atoms with Gasteiger partial charge >= 0.3 is 0 Å². The Morgan fingerprint density at radius 1 is 1.00 bits per heavy atom. The van der Waals surface area contributed by atoms with Crippen LogP contribution in [-0.2, 0) is 4.79 Å². The number of hydrogen-bond donors (Lipinski definition) is 1. The van der Waals surface area contributed by atoms with E-state index < -0.39 is 0 Å². The molecule has 31 heavy (non-hydrogen) atoms. The number of rotatable bonds is 6. The van der Waals surface area contributed by atoms with Gasteiger partial charge in [0.05, 0.1) is 6.04 Å². The maximum atomic E-state index is 13.4. The Morgan fingerprint density at radius 2 is 1.68 bits per heavy atom. The number of halogens is 1. The summed E-state index contributed by atoms with van der Waals surface area (Å²) in [7, 11) is 0. The van der Waals surface area contributed by atoms with E-state index >= 15 is 0 Å². The SMILES string of the molecule is CCC1C(C)C(Nc2ccccc2)c2ccccc2N1C(=O)COc1ccc(Br)cc1. The quantitative estimate of drug-likeness (QED) is 0.442. The number of ether oxygens (including phenoxy) is 1. The molecule has 0 fully saturated rings. The summed E-state index contributed by atoms with van der Waals surface area (Å²) in [5.74, 6) is 0.899. The molecule has 3 unspecified atom stereocenters. The zero-order valence-electron chi connectivity index (χ0n) is 17.8. The van der Waals surface area contributed by atoms with E-state index in [0.29, 0.717) is 5.75 Å². The molecule has 0 bridgehead atoms. The number of carbonyl (C=O) groups is 1. The molecule has 3 aromatic carbocycles. The summed E-state index contributed by atoms with van der Waals surface area (Å²) in [5, 5.41) is 3.70. The predicted molar refractivity (Wildman–Crippen MR) is 130 cm³/mol. The Morgan fingerprint density at radius 3 is 2.39 bits per heavy atom. The van der Waals surface area contributed by atoms with Crippen LogP contribution < -0.4 is 15.0 Å². The number of benzene rings is 3. The summed E-state index contributed by atoms with van der Waals surface area (Å²) in [6.45, 7) is 4.38. The molecule has 3 atom stereocenters. The van der Waals surface area contributed by atoms with Crippen molar-refractivity contribution in [1.82, 2.24) is 0 Å². The van der Waals surface area contributed by atoms with Crippen LogP contribution in [0.15, 0.2) is 83.3 Å². The van der Waals surface area contributed by atoms with Crippen molar-refractivity contribution in [3.63, 3.8) is 0 Å². The van der Waals surface area contributed by atoms with Gasteiger partial charge in [0.15, 0.2) is 6.61 Å². The number of amides is 1. The number of nitrogens with zero attached hydrogens (tertiary/aromatic N) is 1. The Hall–Kier alpha value is -2.79. The molecule has 0 radical (unpaired) electrons. The highest BCUT2D eigenvalue weighted by Crippen LogP contribution is 2.43. The van der Waals surface area contributed by atoms with Gasteiger partial charge in [0, 0.05) is 27.8 Å². The van der Waals surface area contributed by atoms with E-state index in [2.05, 4.69) is 53.3 Å². The molecular weight excluding hydrogens is 452 g/mol. The number of para-hydroxylation sites is 2. The van der Waals surface area contributed by atoms with Crippen LogP contribution in [0.2, 0.25) is 0 Å². The van der Waals surface area contributed by atoms with Crippen LogP contribution in [0, 0.1) is 5.92 Å². The Balaban J connectivity index is 1.61. The molecule has 0 saturated heterocycles. The molecule has 4 rings (SSSR count). The largest absolute Gasteiger partial charge is 0.484 e. The van der Waals surface area contributed by atoms with Crippen molar-refractivity contribution in [2.75, 3.05) is 16.8 Å². The van der Waals surface area contributed by atoms with Gasteiger partial charge < -0.3 is 15.0 Å². The summed E-state index contributed by atoms with van der Waals surface area (Å²) < 4.78 is 6.79. The number of nitrogens with one attached hydrogen (secondary N) is 1. The molecule has 3 aromatic rings. The molecule has 0 spiro atoms. The van der Waals surface area contributed by atoms with Crippen molar-refractivity contribution in [3.8, 4) is 5.75 Å². The van der Waals surface area contributed by atoms with E-state index in [1.54, 1.807) is 0 Å². The van der Waals surface area contributed by atoms with E-state index in [9.17, 15) is 4.79 Å². The van der Waals surface area contributed by atoms with Crippen LogP contribution in [0.3, 0.4) is 0 Å². The third-order valence-corrected chi connectivity index (χ3v) is 6.48. The highest BCUT2D eigenvalue weighted by atomic mass is 79.9. The van der Waals surface area contributed by atoms with Crippen LogP contribution in [0.5, 0.6) is 5.75 Å². The lowest BCUT2D eigenvalue weighted by Crippen LogP contribution is -2.51. The molecule has 1 amide bonds. The lowest BCUT2D eigenvalue weighted by Gasteiger charge is -2.45. The average molecular weight is 479 g/mol. The first-order valence-electron chi connectivity index (χ1n) is 10.7. The van der Waals surface area contributed by atoms with Crippen LogP contribution in [0.1, 0.15) is 31.9 Å². The van der Waals surface area contributed by atoms with Crippen LogP contribution in [0.25, 0.3) is 0 Å². The first-order valence-corrected chi connectivity index (χ1v) is 11.5. The van der Waals surface area contributed by atoms with Gasteiger partial charge in [-0.25, -0.2) is 0 Å². The lowest BCUT2D eigenvalue weighted by atomic mass is 9.81. The van der Waals surface area contributed by atoms with Crippen molar-refractivity contribution in [2.45, 2.75) is 32.4 Å². The van der Waals surface area contributed by atoms with Crippen molar-refractivity contribution in [3.05, 3.63) is 88.9 Å². The molecule has 1 aliphatic heterocycles. The van der Waals surface area contributed by atoms with Crippen LogP contribution in [-0.4, -0.2) is 18.6 Å². The maximum absolute atomic E-state index is 13.4. The van der Waals surface area contributed by atoms with Crippen molar-refractivity contribution in [1.29, 1.82) is 0 Å². The van der Waals surface area contributed by atoms with Crippen molar-refractivity contribution < 1.29 is 9.53 Å².